The predicted octanol–water partition coefficient (Wildman–Crippen LogP) is 1.89. The highest BCUT2D eigenvalue weighted by molar-refractivity contribution is 9.10. The molecule has 2 N–H and O–H groups in total. The molecule has 1 unspecified atom stereocenters. The van der Waals surface area contributed by atoms with Crippen LogP contribution in [0.2, 0.25) is 0 Å². The number of nitro groups is 1. The van der Waals surface area contributed by atoms with Gasteiger partial charge >= 0.3 is 0 Å². The molecular formula is C17H19BrN3O4+. The zero-order valence-corrected chi connectivity index (χ0v) is 15.3. The molecule has 1 atom stereocenters. The summed E-state index contributed by atoms with van der Waals surface area (Å²) < 4.78 is 6.62. The molecule has 0 bridgehead atoms. The molecule has 0 heterocycles. The summed E-state index contributed by atoms with van der Waals surface area (Å²) in [6.07, 6.45) is 0. The first-order valence-corrected chi connectivity index (χ1v) is 8.47. The van der Waals surface area contributed by atoms with Crippen LogP contribution in [0.1, 0.15) is 0 Å². The van der Waals surface area contributed by atoms with Gasteiger partial charge in [0, 0.05) is 22.3 Å². The summed E-state index contributed by atoms with van der Waals surface area (Å²) in [4.78, 5) is 23.1. The summed E-state index contributed by atoms with van der Waals surface area (Å²) in [5.41, 5.74) is 0.528. The van der Waals surface area contributed by atoms with E-state index >= 15 is 0 Å². The van der Waals surface area contributed by atoms with Crippen molar-refractivity contribution in [1.29, 1.82) is 0 Å². The van der Waals surface area contributed by atoms with Gasteiger partial charge in [-0.25, -0.2) is 0 Å². The number of quaternary nitrogens is 1. The van der Waals surface area contributed by atoms with E-state index in [0.29, 0.717) is 18.8 Å². The molecule has 0 aliphatic carbocycles. The van der Waals surface area contributed by atoms with Gasteiger partial charge in [0.25, 0.3) is 11.6 Å². The van der Waals surface area contributed by atoms with Crippen LogP contribution in [0.25, 0.3) is 0 Å². The lowest BCUT2D eigenvalue weighted by molar-refractivity contribution is -0.871. The van der Waals surface area contributed by atoms with Crippen molar-refractivity contribution in [1.82, 2.24) is 0 Å². The molecule has 25 heavy (non-hydrogen) atoms. The summed E-state index contributed by atoms with van der Waals surface area (Å²) in [5.74, 6) is 0.626. The molecule has 0 saturated heterocycles. The summed E-state index contributed by atoms with van der Waals surface area (Å²) in [7, 11) is 1.90. The number of amides is 1. The smallest absolute Gasteiger partial charge is 0.279 e. The Kier molecular flexibility index (Phi) is 6.91. The molecule has 2 aromatic rings. The fourth-order valence-electron chi connectivity index (χ4n) is 2.11. The Morgan fingerprint density at radius 1 is 1.20 bits per heavy atom. The Balaban J connectivity index is 1.72. The molecule has 0 aliphatic rings. The quantitative estimate of drug-likeness (QED) is 0.515. The van der Waals surface area contributed by atoms with Crippen molar-refractivity contribution in [3.05, 3.63) is 63.1 Å². The number of benzene rings is 2. The van der Waals surface area contributed by atoms with Gasteiger partial charge in [0.1, 0.15) is 18.9 Å². The first kappa shape index (κ1) is 18.9. The number of non-ortho nitro benzene ring substituents is 1. The second kappa shape index (κ2) is 9.14. The number of halogens is 1. The second-order valence-electron chi connectivity index (χ2n) is 5.54. The highest BCUT2D eigenvalue weighted by Gasteiger charge is 2.11. The van der Waals surface area contributed by atoms with E-state index in [9.17, 15) is 14.9 Å². The van der Waals surface area contributed by atoms with Crippen molar-refractivity contribution in [2.24, 2.45) is 0 Å². The van der Waals surface area contributed by atoms with Crippen LogP contribution >= 0.6 is 15.9 Å². The van der Waals surface area contributed by atoms with Crippen molar-refractivity contribution >= 4 is 33.2 Å². The average molecular weight is 409 g/mol. The molecule has 1 amide bonds. The zero-order chi connectivity index (χ0) is 18.2. The summed E-state index contributed by atoms with van der Waals surface area (Å²) in [5, 5.41) is 13.3. The lowest BCUT2D eigenvalue weighted by Gasteiger charge is -2.14. The van der Waals surface area contributed by atoms with Crippen LogP contribution < -0.4 is 15.0 Å². The maximum absolute atomic E-state index is 12.0. The first-order chi connectivity index (χ1) is 11.9. The molecule has 0 aromatic heterocycles. The summed E-state index contributed by atoms with van der Waals surface area (Å²) in [6, 6.07) is 13.3. The minimum absolute atomic E-state index is 0.00849. The number of hydrogen-bond donors (Lipinski definition) is 2. The molecule has 0 spiro atoms. The Bertz CT molecular complexity index is 720. The minimum atomic E-state index is -0.477. The van der Waals surface area contributed by atoms with E-state index in [1.807, 2.05) is 31.3 Å². The number of nitrogens with zero attached hydrogens (tertiary/aromatic N) is 1. The van der Waals surface area contributed by atoms with Crippen molar-refractivity contribution in [2.75, 3.05) is 32.1 Å². The van der Waals surface area contributed by atoms with Crippen LogP contribution in [0.4, 0.5) is 11.4 Å². The number of hydrogen-bond acceptors (Lipinski definition) is 4. The third-order valence-electron chi connectivity index (χ3n) is 3.44. The van der Waals surface area contributed by atoms with Gasteiger partial charge in [0.05, 0.1) is 12.0 Å². The van der Waals surface area contributed by atoms with Crippen LogP contribution in [0.5, 0.6) is 5.75 Å². The minimum Gasteiger partial charge on any atom is -0.488 e. The fourth-order valence-corrected chi connectivity index (χ4v) is 2.37. The molecule has 0 saturated carbocycles. The van der Waals surface area contributed by atoms with Gasteiger partial charge in [0.2, 0.25) is 0 Å². The number of rotatable bonds is 8. The molecule has 7 nitrogen and oxygen atoms in total. The number of nitro benzene ring substituents is 1. The fraction of sp³-hybridized carbons (Fsp3) is 0.235. The van der Waals surface area contributed by atoms with Crippen molar-refractivity contribution in [3.63, 3.8) is 0 Å². The third kappa shape index (κ3) is 6.52. The van der Waals surface area contributed by atoms with Crippen molar-refractivity contribution in [3.8, 4) is 5.75 Å². The molecule has 0 aliphatic heterocycles. The lowest BCUT2D eigenvalue weighted by Crippen LogP contribution is -3.10. The van der Waals surface area contributed by atoms with Gasteiger partial charge in [-0.05, 0) is 36.4 Å². The Hall–Kier alpha value is -2.45. The molecular weight excluding hydrogens is 390 g/mol. The number of anilines is 1. The number of carbonyl (C=O) groups is 1. The highest BCUT2D eigenvalue weighted by Crippen LogP contribution is 2.16. The van der Waals surface area contributed by atoms with Crippen LogP contribution in [-0.4, -0.2) is 37.6 Å². The third-order valence-corrected chi connectivity index (χ3v) is 3.96. The number of nitrogens with one attached hydrogen (secondary N) is 2. The van der Waals surface area contributed by atoms with Crippen molar-refractivity contribution < 1.29 is 19.4 Å². The zero-order valence-electron chi connectivity index (χ0n) is 13.7. The van der Waals surface area contributed by atoms with Gasteiger partial charge in [-0.15, -0.1) is 0 Å². The molecule has 132 valence electrons. The van der Waals surface area contributed by atoms with Gasteiger partial charge in [-0.2, -0.15) is 0 Å². The number of likely N-dealkylation sites (N-methyl/N-ethyl adjacent to an activating group) is 1. The van der Waals surface area contributed by atoms with E-state index < -0.39 is 4.92 Å². The molecule has 8 heteroatoms. The van der Waals surface area contributed by atoms with Crippen LogP contribution in [-0.2, 0) is 4.79 Å². The SMILES string of the molecule is C[NH+](CCOc1ccc(Br)cc1)CC(=O)Nc1ccc([N+](=O)[O-])cc1. The Morgan fingerprint density at radius 2 is 1.84 bits per heavy atom. The standard InChI is InChI=1S/C17H18BrN3O4/c1-20(10-11-25-16-8-2-13(18)3-9-16)12-17(22)19-14-4-6-15(7-5-14)21(23)24/h2-9H,10-12H2,1H3,(H,19,22)/p+1. The van der Waals surface area contributed by atoms with Gasteiger partial charge in [-0.3, -0.25) is 14.9 Å². The number of carbonyl (C=O) groups excluding carboxylic acids is 1. The van der Waals surface area contributed by atoms with E-state index in [1.165, 1.54) is 24.3 Å². The van der Waals surface area contributed by atoms with Gasteiger partial charge < -0.3 is 15.0 Å². The lowest BCUT2D eigenvalue weighted by atomic mass is 10.3. The second-order valence-corrected chi connectivity index (χ2v) is 6.45. The van der Waals surface area contributed by atoms with E-state index in [4.69, 9.17) is 4.74 Å². The van der Waals surface area contributed by atoms with E-state index in [-0.39, 0.29) is 18.1 Å². The molecule has 2 rings (SSSR count). The summed E-state index contributed by atoms with van der Waals surface area (Å²) >= 11 is 3.36. The number of ether oxygens (including phenoxy) is 1. The van der Waals surface area contributed by atoms with Crippen LogP contribution in [0.3, 0.4) is 0 Å². The monoisotopic (exact) mass is 408 g/mol. The largest absolute Gasteiger partial charge is 0.488 e. The molecule has 2 aromatic carbocycles. The van der Waals surface area contributed by atoms with Crippen molar-refractivity contribution in [2.45, 2.75) is 0 Å². The van der Waals surface area contributed by atoms with Crippen LogP contribution in [0.15, 0.2) is 53.0 Å². The van der Waals surface area contributed by atoms with Crippen LogP contribution in [0, 0.1) is 10.1 Å². The predicted molar refractivity (Wildman–Crippen MR) is 98.0 cm³/mol. The molecule has 0 fully saturated rings. The summed E-state index contributed by atoms with van der Waals surface area (Å²) in [6.45, 7) is 1.45. The maximum Gasteiger partial charge on any atom is 0.279 e. The topological polar surface area (TPSA) is 85.9 Å². The first-order valence-electron chi connectivity index (χ1n) is 7.68. The average Bonchev–Trinajstić information content (AvgIpc) is 2.57. The molecule has 0 radical (unpaired) electrons. The van der Waals surface area contributed by atoms with E-state index in [1.54, 1.807) is 0 Å². The Labute approximate surface area is 153 Å². The van der Waals surface area contributed by atoms with E-state index in [2.05, 4.69) is 21.2 Å². The Morgan fingerprint density at radius 3 is 2.44 bits per heavy atom. The normalized spacial score (nSPS) is 11.6. The van der Waals surface area contributed by atoms with E-state index in [0.717, 1.165) is 15.1 Å². The van der Waals surface area contributed by atoms with Gasteiger partial charge in [-0.1, -0.05) is 15.9 Å². The maximum atomic E-state index is 12.0. The highest BCUT2D eigenvalue weighted by atomic mass is 79.9. The van der Waals surface area contributed by atoms with Gasteiger partial charge in [0.15, 0.2) is 6.54 Å².